The molecule has 21 heavy (non-hydrogen) atoms. The molecule has 0 aliphatic heterocycles. The van der Waals surface area contributed by atoms with Gasteiger partial charge in [0.25, 0.3) is 0 Å². The Morgan fingerprint density at radius 1 is 1.24 bits per heavy atom. The van der Waals surface area contributed by atoms with Crippen LogP contribution < -0.4 is 5.73 Å². The van der Waals surface area contributed by atoms with Crippen LogP contribution in [0.3, 0.4) is 0 Å². The molecule has 2 rings (SSSR count). The quantitative estimate of drug-likeness (QED) is 0.887. The molecule has 0 radical (unpaired) electrons. The van der Waals surface area contributed by atoms with Gasteiger partial charge in [-0.05, 0) is 36.1 Å². The average Bonchev–Trinajstić information content (AvgIpc) is 2.86. The van der Waals surface area contributed by atoms with Crippen LogP contribution in [-0.2, 0) is 13.1 Å². The van der Waals surface area contributed by atoms with Crippen molar-refractivity contribution in [1.29, 1.82) is 0 Å². The van der Waals surface area contributed by atoms with Crippen LogP contribution in [-0.4, -0.2) is 15.0 Å². The van der Waals surface area contributed by atoms with Crippen LogP contribution in [0.15, 0.2) is 24.3 Å². The number of rotatable bonds is 6. The lowest BCUT2D eigenvalue weighted by Gasteiger charge is -2.06. The minimum atomic E-state index is 0.391. The second kappa shape index (κ2) is 7.38. The zero-order chi connectivity index (χ0) is 15.2. The Kier molecular flexibility index (Phi) is 5.53. The van der Waals surface area contributed by atoms with E-state index in [0.717, 1.165) is 34.9 Å². The van der Waals surface area contributed by atoms with Crippen LogP contribution >= 0.6 is 11.6 Å². The van der Waals surface area contributed by atoms with E-state index in [1.54, 1.807) is 0 Å². The maximum Gasteiger partial charge on any atom is 0.104 e. The van der Waals surface area contributed by atoms with Gasteiger partial charge in [0, 0.05) is 18.1 Å². The molecular formula is C16H21ClN4. The monoisotopic (exact) mass is 304 g/mol. The van der Waals surface area contributed by atoms with Gasteiger partial charge in [-0.2, -0.15) is 0 Å². The topological polar surface area (TPSA) is 56.7 Å². The highest BCUT2D eigenvalue weighted by Crippen LogP contribution is 2.15. The van der Waals surface area contributed by atoms with E-state index in [1.165, 1.54) is 0 Å². The number of nitrogens with two attached hydrogens (primary N) is 1. The summed E-state index contributed by atoms with van der Waals surface area (Å²) in [5.74, 6) is 0.628. The summed E-state index contributed by atoms with van der Waals surface area (Å²) in [4.78, 5) is 0. The van der Waals surface area contributed by atoms with Crippen LogP contribution in [0.2, 0.25) is 5.02 Å². The molecule has 1 aromatic carbocycles. The van der Waals surface area contributed by atoms with E-state index in [2.05, 4.69) is 24.2 Å². The van der Waals surface area contributed by atoms with E-state index in [0.29, 0.717) is 12.5 Å². The van der Waals surface area contributed by atoms with E-state index in [1.807, 2.05) is 41.1 Å². The molecule has 0 amide bonds. The van der Waals surface area contributed by atoms with Crippen molar-refractivity contribution in [3.63, 3.8) is 0 Å². The number of aromatic nitrogens is 3. The molecule has 112 valence electrons. The molecule has 1 aromatic heterocycles. The summed E-state index contributed by atoms with van der Waals surface area (Å²) in [5.41, 5.74) is 8.63. The fourth-order valence-electron chi connectivity index (χ4n) is 1.98. The van der Waals surface area contributed by atoms with E-state index in [9.17, 15) is 0 Å². The van der Waals surface area contributed by atoms with Gasteiger partial charge in [-0.25, -0.2) is 4.68 Å². The normalized spacial score (nSPS) is 11.7. The summed E-state index contributed by atoms with van der Waals surface area (Å²) >= 11 is 5.89. The van der Waals surface area contributed by atoms with Crippen molar-refractivity contribution >= 4 is 23.8 Å². The van der Waals surface area contributed by atoms with Gasteiger partial charge in [-0.1, -0.05) is 48.9 Å². The Morgan fingerprint density at radius 2 is 1.95 bits per heavy atom. The standard InChI is InChI=1S/C16H21ClN4/c1-12(2)9-10-21-16(15(11-18)19-20-21)8-5-13-3-6-14(17)7-4-13/h3-8,12H,9-11,18H2,1-2H3/b8-5+. The molecule has 2 aromatic rings. The van der Waals surface area contributed by atoms with Gasteiger partial charge in [0.05, 0.1) is 5.69 Å². The number of halogens is 1. The van der Waals surface area contributed by atoms with Gasteiger partial charge in [0.2, 0.25) is 0 Å². The first-order chi connectivity index (χ1) is 10.1. The highest BCUT2D eigenvalue weighted by atomic mass is 35.5. The first-order valence-corrected chi connectivity index (χ1v) is 7.54. The van der Waals surface area contributed by atoms with Gasteiger partial charge in [0.15, 0.2) is 0 Å². The number of aryl methyl sites for hydroxylation is 1. The SMILES string of the molecule is CC(C)CCn1nnc(CN)c1/C=C/c1ccc(Cl)cc1. The summed E-state index contributed by atoms with van der Waals surface area (Å²) in [6.07, 6.45) is 5.11. The van der Waals surface area contributed by atoms with Crippen molar-refractivity contribution in [1.82, 2.24) is 15.0 Å². The smallest absolute Gasteiger partial charge is 0.104 e. The summed E-state index contributed by atoms with van der Waals surface area (Å²) in [6.45, 7) is 5.64. The highest BCUT2D eigenvalue weighted by molar-refractivity contribution is 6.30. The maximum atomic E-state index is 5.89. The molecule has 2 N–H and O–H groups in total. The Hall–Kier alpha value is -1.65. The summed E-state index contributed by atoms with van der Waals surface area (Å²) in [7, 11) is 0. The fraction of sp³-hybridized carbons (Fsp3) is 0.375. The van der Waals surface area contributed by atoms with Crippen LogP contribution in [0, 0.1) is 5.92 Å². The van der Waals surface area contributed by atoms with Crippen molar-refractivity contribution in [2.45, 2.75) is 33.4 Å². The van der Waals surface area contributed by atoms with E-state index in [-0.39, 0.29) is 0 Å². The molecule has 0 saturated carbocycles. The third kappa shape index (κ3) is 4.41. The molecule has 0 aliphatic rings. The van der Waals surface area contributed by atoms with Gasteiger partial charge in [0.1, 0.15) is 5.69 Å². The predicted octanol–water partition coefficient (Wildman–Crippen LogP) is 3.61. The zero-order valence-corrected chi connectivity index (χ0v) is 13.2. The maximum absolute atomic E-state index is 5.89. The third-order valence-electron chi connectivity index (χ3n) is 3.26. The van der Waals surface area contributed by atoms with Crippen molar-refractivity contribution in [3.05, 3.63) is 46.2 Å². The predicted molar refractivity (Wildman–Crippen MR) is 87.7 cm³/mol. The second-order valence-electron chi connectivity index (χ2n) is 5.42. The van der Waals surface area contributed by atoms with E-state index in [4.69, 9.17) is 17.3 Å². The lowest BCUT2D eigenvalue weighted by molar-refractivity contribution is 0.476. The molecule has 0 atom stereocenters. The molecule has 0 fully saturated rings. The van der Waals surface area contributed by atoms with Gasteiger partial charge in [-0.3, -0.25) is 0 Å². The molecule has 0 aliphatic carbocycles. The van der Waals surface area contributed by atoms with Gasteiger partial charge in [-0.15, -0.1) is 5.10 Å². The summed E-state index contributed by atoms with van der Waals surface area (Å²) in [6, 6.07) is 7.70. The minimum Gasteiger partial charge on any atom is -0.325 e. The minimum absolute atomic E-state index is 0.391. The summed E-state index contributed by atoms with van der Waals surface area (Å²) < 4.78 is 1.93. The first kappa shape index (κ1) is 15.7. The molecule has 5 heteroatoms. The second-order valence-corrected chi connectivity index (χ2v) is 5.85. The number of hydrogen-bond donors (Lipinski definition) is 1. The Bertz CT molecular complexity index is 599. The fourth-order valence-corrected chi connectivity index (χ4v) is 2.10. The van der Waals surface area contributed by atoms with Crippen LogP contribution in [0.5, 0.6) is 0 Å². The van der Waals surface area contributed by atoms with Crippen LogP contribution in [0.25, 0.3) is 12.2 Å². The largest absolute Gasteiger partial charge is 0.325 e. The molecule has 0 spiro atoms. The molecule has 0 bridgehead atoms. The van der Waals surface area contributed by atoms with Crippen molar-refractivity contribution in [2.24, 2.45) is 11.7 Å². The highest BCUT2D eigenvalue weighted by Gasteiger charge is 2.09. The molecule has 0 unspecified atom stereocenters. The zero-order valence-electron chi connectivity index (χ0n) is 12.5. The molecule has 1 heterocycles. The molecule has 0 saturated heterocycles. The van der Waals surface area contributed by atoms with Crippen molar-refractivity contribution < 1.29 is 0 Å². The lowest BCUT2D eigenvalue weighted by Crippen LogP contribution is -2.06. The van der Waals surface area contributed by atoms with E-state index >= 15 is 0 Å². The van der Waals surface area contributed by atoms with Crippen molar-refractivity contribution in [2.75, 3.05) is 0 Å². The lowest BCUT2D eigenvalue weighted by atomic mass is 10.1. The van der Waals surface area contributed by atoms with Crippen LogP contribution in [0.4, 0.5) is 0 Å². The van der Waals surface area contributed by atoms with E-state index < -0.39 is 0 Å². The number of benzene rings is 1. The Labute approximate surface area is 130 Å². The van der Waals surface area contributed by atoms with Crippen molar-refractivity contribution in [3.8, 4) is 0 Å². The summed E-state index contributed by atoms with van der Waals surface area (Å²) in [5, 5.41) is 9.09. The number of hydrogen-bond acceptors (Lipinski definition) is 3. The van der Waals surface area contributed by atoms with Crippen LogP contribution in [0.1, 0.15) is 37.2 Å². The molecular weight excluding hydrogens is 284 g/mol. The van der Waals surface area contributed by atoms with Gasteiger partial charge >= 0.3 is 0 Å². The molecule has 4 nitrogen and oxygen atoms in total. The number of nitrogens with zero attached hydrogens (tertiary/aromatic N) is 3. The average molecular weight is 305 g/mol. The van der Waals surface area contributed by atoms with Gasteiger partial charge < -0.3 is 5.73 Å². The Balaban J connectivity index is 2.20. The first-order valence-electron chi connectivity index (χ1n) is 7.16. The Morgan fingerprint density at radius 3 is 2.57 bits per heavy atom. The third-order valence-corrected chi connectivity index (χ3v) is 3.51.